The van der Waals surface area contributed by atoms with Crippen molar-refractivity contribution in [2.24, 2.45) is 0 Å². The maximum absolute atomic E-state index is 12.0. The highest BCUT2D eigenvalue weighted by Gasteiger charge is 2.16. The topological polar surface area (TPSA) is 108 Å². The standard InChI is InChI=1S/C12H10BrN5O/c1-6-10(15)11(18-17-6)12(19)16-9-4-8(13)3-2-7(9)5-14/h2-4H,15H2,1H3,(H,16,19)(H,17,18). The summed E-state index contributed by atoms with van der Waals surface area (Å²) < 4.78 is 0.757. The highest BCUT2D eigenvalue weighted by atomic mass is 79.9. The Kier molecular flexibility index (Phi) is 3.53. The molecule has 0 fully saturated rings. The molecule has 0 saturated carbocycles. The van der Waals surface area contributed by atoms with E-state index in [0.717, 1.165) is 4.47 Å². The fraction of sp³-hybridized carbons (Fsp3) is 0.0833. The number of halogens is 1. The van der Waals surface area contributed by atoms with Gasteiger partial charge >= 0.3 is 0 Å². The van der Waals surface area contributed by atoms with E-state index in [4.69, 9.17) is 11.0 Å². The molecule has 7 heteroatoms. The number of H-pyrrole nitrogens is 1. The van der Waals surface area contributed by atoms with E-state index >= 15 is 0 Å². The molecule has 0 bridgehead atoms. The van der Waals surface area contributed by atoms with E-state index < -0.39 is 5.91 Å². The number of nitriles is 1. The minimum Gasteiger partial charge on any atom is -0.395 e. The van der Waals surface area contributed by atoms with Crippen molar-refractivity contribution in [3.63, 3.8) is 0 Å². The zero-order valence-corrected chi connectivity index (χ0v) is 11.6. The summed E-state index contributed by atoms with van der Waals surface area (Å²) in [5.74, 6) is -0.462. The van der Waals surface area contributed by atoms with Crippen molar-refractivity contribution < 1.29 is 4.79 Å². The van der Waals surface area contributed by atoms with Gasteiger partial charge in [-0.3, -0.25) is 9.89 Å². The first-order valence-electron chi connectivity index (χ1n) is 5.34. The van der Waals surface area contributed by atoms with Gasteiger partial charge in [0.15, 0.2) is 5.69 Å². The predicted molar refractivity (Wildman–Crippen MR) is 74.5 cm³/mol. The van der Waals surface area contributed by atoms with E-state index in [-0.39, 0.29) is 5.69 Å². The smallest absolute Gasteiger partial charge is 0.278 e. The third kappa shape index (κ3) is 2.58. The number of hydrogen-bond acceptors (Lipinski definition) is 4. The van der Waals surface area contributed by atoms with Crippen LogP contribution in [0.4, 0.5) is 11.4 Å². The summed E-state index contributed by atoms with van der Waals surface area (Å²) in [5, 5.41) is 18.1. The first-order chi connectivity index (χ1) is 9.02. The molecule has 2 aromatic rings. The molecule has 0 aliphatic heterocycles. The molecule has 1 aromatic carbocycles. The first kappa shape index (κ1) is 13.1. The quantitative estimate of drug-likeness (QED) is 0.788. The number of aromatic nitrogens is 2. The van der Waals surface area contributed by atoms with E-state index in [2.05, 4.69) is 31.4 Å². The van der Waals surface area contributed by atoms with Gasteiger partial charge in [0, 0.05) is 4.47 Å². The number of benzene rings is 1. The summed E-state index contributed by atoms with van der Waals surface area (Å²) in [7, 11) is 0. The molecule has 2 rings (SSSR count). The van der Waals surface area contributed by atoms with E-state index in [1.165, 1.54) is 0 Å². The van der Waals surface area contributed by atoms with Crippen LogP contribution in [-0.2, 0) is 0 Å². The number of carbonyl (C=O) groups is 1. The second kappa shape index (κ2) is 5.12. The van der Waals surface area contributed by atoms with Crippen molar-refractivity contribution in [2.75, 3.05) is 11.1 Å². The maximum Gasteiger partial charge on any atom is 0.278 e. The van der Waals surface area contributed by atoms with Gasteiger partial charge in [0.25, 0.3) is 5.91 Å². The van der Waals surface area contributed by atoms with Gasteiger partial charge in [-0.1, -0.05) is 15.9 Å². The number of anilines is 2. The lowest BCUT2D eigenvalue weighted by Crippen LogP contribution is -2.15. The van der Waals surface area contributed by atoms with Crippen molar-refractivity contribution in [1.82, 2.24) is 10.2 Å². The lowest BCUT2D eigenvalue weighted by Gasteiger charge is -2.06. The molecule has 0 unspecified atom stereocenters. The monoisotopic (exact) mass is 319 g/mol. The highest BCUT2D eigenvalue weighted by molar-refractivity contribution is 9.10. The summed E-state index contributed by atoms with van der Waals surface area (Å²) in [6, 6.07) is 6.98. The number of aromatic amines is 1. The molecule has 1 amide bonds. The number of nitrogens with two attached hydrogens (primary N) is 1. The molecule has 0 atom stereocenters. The van der Waals surface area contributed by atoms with Crippen LogP contribution in [0.2, 0.25) is 0 Å². The summed E-state index contributed by atoms with van der Waals surface area (Å²) in [6.45, 7) is 1.72. The Hall–Kier alpha value is -2.33. The van der Waals surface area contributed by atoms with Crippen LogP contribution in [0.25, 0.3) is 0 Å². The van der Waals surface area contributed by atoms with Gasteiger partial charge in [0.1, 0.15) is 6.07 Å². The molecular weight excluding hydrogens is 310 g/mol. The largest absolute Gasteiger partial charge is 0.395 e. The van der Waals surface area contributed by atoms with Crippen LogP contribution in [0.5, 0.6) is 0 Å². The number of amides is 1. The Labute approximate surface area is 117 Å². The van der Waals surface area contributed by atoms with Gasteiger partial charge in [-0.05, 0) is 25.1 Å². The summed E-state index contributed by atoms with van der Waals surface area (Å²) in [6.07, 6.45) is 0. The van der Waals surface area contributed by atoms with Crippen LogP contribution in [-0.4, -0.2) is 16.1 Å². The molecule has 0 aliphatic rings. The molecule has 0 spiro atoms. The molecule has 0 radical (unpaired) electrons. The van der Waals surface area contributed by atoms with Gasteiger partial charge < -0.3 is 11.1 Å². The lowest BCUT2D eigenvalue weighted by molar-refractivity contribution is 0.102. The molecule has 1 heterocycles. The molecule has 19 heavy (non-hydrogen) atoms. The number of aryl methyl sites for hydroxylation is 1. The van der Waals surface area contributed by atoms with Gasteiger partial charge in [0.2, 0.25) is 0 Å². The molecule has 0 aliphatic carbocycles. The van der Waals surface area contributed by atoms with Crippen molar-refractivity contribution >= 4 is 33.2 Å². The average Bonchev–Trinajstić information content (AvgIpc) is 2.70. The van der Waals surface area contributed by atoms with Crippen LogP contribution in [0.15, 0.2) is 22.7 Å². The number of carbonyl (C=O) groups excluding carboxylic acids is 1. The Morgan fingerprint density at radius 1 is 1.58 bits per heavy atom. The lowest BCUT2D eigenvalue weighted by atomic mass is 10.2. The number of hydrogen-bond donors (Lipinski definition) is 3. The van der Waals surface area contributed by atoms with Crippen molar-refractivity contribution in [1.29, 1.82) is 5.26 Å². The van der Waals surface area contributed by atoms with E-state index in [1.54, 1.807) is 25.1 Å². The number of nitrogens with zero attached hydrogens (tertiary/aromatic N) is 2. The summed E-state index contributed by atoms with van der Waals surface area (Å²) >= 11 is 3.28. The second-order valence-electron chi connectivity index (χ2n) is 3.87. The predicted octanol–water partition coefficient (Wildman–Crippen LogP) is 2.19. The van der Waals surface area contributed by atoms with Crippen molar-refractivity contribution in [2.45, 2.75) is 6.92 Å². The molecular formula is C12H10BrN5O. The van der Waals surface area contributed by atoms with Crippen LogP contribution in [0.1, 0.15) is 21.7 Å². The maximum atomic E-state index is 12.0. The van der Waals surface area contributed by atoms with Gasteiger partial charge in [-0.15, -0.1) is 0 Å². The molecule has 1 aromatic heterocycles. The fourth-order valence-electron chi connectivity index (χ4n) is 1.51. The van der Waals surface area contributed by atoms with Gasteiger partial charge in [-0.25, -0.2) is 0 Å². The second-order valence-corrected chi connectivity index (χ2v) is 4.78. The Balaban J connectivity index is 2.32. The average molecular weight is 320 g/mol. The van der Waals surface area contributed by atoms with Crippen LogP contribution < -0.4 is 11.1 Å². The van der Waals surface area contributed by atoms with Crippen LogP contribution in [0.3, 0.4) is 0 Å². The highest BCUT2D eigenvalue weighted by Crippen LogP contribution is 2.22. The Morgan fingerprint density at radius 2 is 2.32 bits per heavy atom. The van der Waals surface area contributed by atoms with Crippen molar-refractivity contribution in [3.8, 4) is 6.07 Å². The minimum atomic E-state index is -0.462. The number of nitrogen functional groups attached to an aromatic ring is 1. The molecule has 6 nitrogen and oxygen atoms in total. The number of rotatable bonds is 2. The normalized spacial score (nSPS) is 9.95. The van der Waals surface area contributed by atoms with E-state index in [9.17, 15) is 4.79 Å². The summed E-state index contributed by atoms with van der Waals surface area (Å²) in [5.41, 5.74) is 7.53. The van der Waals surface area contributed by atoms with Crippen LogP contribution in [0, 0.1) is 18.3 Å². The molecule has 0 saturated heterocycles. The van der Waals surface area contributed by atoms with E-state index in [0.29, 0.717) is 22.6 Å². The minimum absolute atomic E-state index is 0.112. The molecule has 96 valence electrons. The Bertz CT molecular complexity index is 686. The molecule has 4 N–H and O–H groups in total. The van der Waals surface area contributed by atoms with Gasteiger partial charge in [-0.2, -0.15) is 10.4 Å². The fourth-order valence-corrected chi connectivity index (χ4v) is 1.87. The third-order valence-electron chi connectivity index (χ3n) is 2.56. The summed E-state index contributed by atoms with van der Waals surface area (Å²) in [4.78, 5) is 12.0. The SMILES string of the molecule is Cc1[nH]nc(C(=O)Nc2cc(Br)ccc2C#N)c1N. The van der Waals surface area contributed by atoms with Crippen molar-refractivity contribution in [3.05, 3.63) is 39.6 Å². The van der Waals surface area contributed by atoms with Gasteiger partial charge in [0.05, 0.1) is 22.6 Å². The zero-order chi connectivity index (χ0) is 14.0. The Morgan fingerprint density at radius 3 is 2.89 bits per heavy atom. The van der Waals surface area contributed by atoms with Crippen LogP contribution >= 0.6 is 15.9 Å². The van der Waals surface area contributed by atoms with E-state index in [1.807, 2.05) is 6.07 Å². The third-order valence-corrected chi connectivity index (χ3v) is 3.05. The first-order valence-corrected chi connectivity index (χ1v) is 6.13. The zero-order valence-electron chi connectivity index (χ0n) is 9.99. The number of nitrogens with one attached hydrogen (secondary N) is 2.